The minimum Gasteiger partial charge on any atom is -0.389 e. The average molecular weight is 366 g/mol. The van der Waals surface area contributed by atoms with Crippen molar-refractivity contribution < 1.29 is 5.11 Å². The van der Waals surface area contributed by atoms with Crippen LogP contribution in [0, 0.1) is 5.41 Å². The third kappa shape index (κ3) is 2.55. The van der Waals surface area contributed by atoms with Gasteiger partial charge in [0.05, 0.1) is 5.60 Å². The molecule has 0 amide bonds. The summed E-state index contributed by atoms with van der Waals surface area (Å²) < 4.78 is 0. The number of aliphatic hydroxyl groups is 1. The summed E-state index contributed by atoms with van der Waals surface area (Å²) in [5, 5.41) is 21.7. The van der Waals surface area contributed by atoms with Gasteiger partial charge in [0.2, 0.25) is 5.95 Å². The van der Waals surface area contributed by atoms with Gasteiger partial charge >= 0.3 is 0 Å². The normalized spacial score (nSPS) is 31.1. The van der Waals surface area contributed by atoms with Gasteiger partial charge in [0.1, 0.15) is 5.82 Å². The minimum absolute atomic E-state index is 0.0376. The van der Waals surface area contributed by atoms with Crippen molar-refractivity contribution in [1.29, 1.82) is 0 Å². The first-order valence-electron chi connectivity index (χ1n) is 10.3. The van der Waals surface area contributed by atoms with Gasteiger partial charge in [-0.25, -0.2) is 4.98 Å². The fourth-order valence-corrected chi connectivity index (χ4v) is 5.27. The van der Waals surface area contributed by atoms with E-state index < -0.39 is 5.60 Å². The molecule has 2 saturated heterocycles. The lowest BCUT2D eigenvalue weighted by Gasteiger charge is -2.55. The molecule has 142 valence electrons. The third-order valence-electron chi connectivity index (χ3n) is 7.31. The molecule has 0 radical (unpaired) electrons. The van der Waals surface area contributed by atoms with E-state index in [1.807, 2.05) is 12.3 Å². The Morgan fingerprint density at radius 3 is 2.67 bits per heavy atom. The molecule has 0 aromatic carbocycles. The summed E-state index contributed by atoms with van der Waals surface area (Å²) >= 11 is 0. The van der Waals surface area contributed by atoms with Crippen molar-refractivity contribution in [3.05, 3.63) is 24.0 Å². The van der Waals surface area contributed by atoms with Crippen molar-refractivity contribution in [2.24, 2.45) is 5.41 Å². The van der Waals surface area contributed by atoms with Gasteiger partial charge in [-0.2, -0.15) is 10.1 Å². The highest BCUT2D eigenvalue weighted by atomic mass is 16.3. The smallest absolute Gasteiger partial charge is 0.227 e. The number of H-pyrrole nitrogens is 1. The molecule has 3 saturated carbocycles. The van der Waals surface area contributed by atoms with E-state index in [2.05, 4.69) is 31.5 Å². The first-order valence-corrected chi connectivity index (χ1v) is 10.3. The summed E-state index contributed by atoms with van der Waals surface area (Å²) in [5.41, 5.74) is 0.802. The van der Waals surface area contributed by atoms with Crippen molar-refractivity contribution in [2.75, 3.05) is 16.8 Å². The van der Waals surface area contributed by atoms with Crippen molar-refractivity contribution in [2.45, 2.75) is 68.9 Å². The summed E-state index contributed by atoms with van der Waals surface area (Å²) in [7, 11) is 0. The highest BCUT2D eigenvalue weighted by Gasteiger charge is 2.62. The molecule has 7 rings (SSSR count). The second kappa shape index (κ2) is 5.44. The van der Waals surface area contributed by atoms with E-state index in [4.69, 9.17) is 4.98 Å². The Morgan fingerprint density at radius 1 is 1.11 bits per heavy atom. The molecule has 0 atom stereocenters. The lowest BCUT2D eigenvalue weighted by atomic mass is 9.63. The summed E-state index contributed by atoms with van der Waals surface area (Å²) in [5.74, 6) is 3.01. The van der Waals surface area contributed by atoms with Crippen LogP contribution in [0.25, 0.3) is 0 Å². The van der Waals surface area contributed by atoms with Crippen LogP contribution in [0.15, 0.2) is 18.3 Å². The Morgan fingerprint density at radius 2 is 1.93 bits per heavy atom. The Bertz CT molecular complexity index is 863. The van der Waals surface area contributed by atoms with E-state index in [1.165, 1.54) is 18.5 Å². The molecule has 0 unspecified atom stereocenters. The van der Waals surface area contributed by atoms with Gasteiger partial charge in [0.25, 0.3) is 0 Å². The maximum atomic E-state index is 10.9. The molecule has 7 heteroatoms. The minimum atomic E-state index is -0.444. The molecular weight excluding hydrogens is 340 g/mol. The first-order chi connectivity index (χ1) is 13.1. The standard InChI is InChI=1S/C20H26N6O/c27-20(8-9-20)19-6-3-14(4-7-19)26(12-19)18-21-10-5-16(23-18)22-17-11-15(24-25-17)13-1-2-13/h5,10-11,13-14,27H,1-4,6-9,12H2,(H2,21,22,23,24,25). The van der Waals surface area contributed by atoms with Crippen molar-refractivity contribution >= 4 is 17.6 Å². The van der Waals surface area contributed by atoms with E-state index >= 15 is 0 Å². The quantitative estimate of drug-likeness (QED) is 0.753. The van der Waals surface area contributed by atoms with Crippen LogP contribution in [0.1, 0.15) is 63.0 Å². The molecular formula is C20H26N6O. The monoisotopic (exact) mass is 366 g/mol. The molecule has 4 heterocycles. The fourth-order valence-electron chi connectivity index (χ4n) is 5.27. The third-order valence-corrected chi connectivity index (χ3v) is 7.31. The summed E-state index contributed by atoms with van der Waals surface area (Å²) in [6.45, 7) is 0.881. The van der Waals surface area contributed by atoms with E-state index in [-0.39, 0.29) is 5.41 Å². The van der Waals surface area contributed by atoms with Gasteiger partial charge in [0, 0.05) is 41.9 Å². The molecule has 5 aliphatic rings. The summed E-state index contributed by atoms with van der Waals surface area (Å²) in [4.78, 5) is 11.7. The summed E-state index contributed by atoms with van der Waals surface area (Å²) in [6.07, 6.45) is 10.8. The number of aromatic amines is 1. The lowest BCUT2D eigenvalue weighted by molar-refractivity contribution is -0.0447. The maximum Gasteiger partial charge on any atom is 0.227 e. The Balaban J connectivity index is 1.24. The van der Waals surface area contributed by atoms with Gasteiger partial charge in [0.15, 0.2) is 5.82 Å². The predicted molar refractivity (Wildman–Crippen MR) is 102 cm³/mol. The number of rotatable bonds is 5. The Hall–Kier alpha value is -2.15. The molecule has 2 aliphatic heterocycles. The number of aromatic nitrogens is 4. The van der Waals surface area contributed by atoms with Crippen LogP contribution in [0.4, 0.5) is 17.6 Å². The van der Waals surface area contributed by atoms with E-state index in [0.29, 0.717) is 12.0 Å². The van der Waals surface area contributed by atoms with Gasteiger partial charge in [-0.05, 0) is 57.4 Å². The van der Waals surface area contributed by atoms with E-state index in [0.717, 1.165) is 62.7 Å². The zero-order valence-electron chi connectivity index (χ0n) is 15.5. The van der Waals surface area contributed by atoms with Gasteiger partial charge in [-0.3, -0.25) is 5.10 Å². The second-order valence-corrected chi connectivity index (χ2v) is 9.02. The number of hydrogen-bond donors (Lipinski definition) is 3. The Kier molecular flexibility index (Phi) is 3.20. The summed E-state index contributed by atoms with van der Waals surface area (Å²) in [6, 6.07) is 4.47. The highest BCUT2D eigenvalue weighted by Crippen LogP contribution is 2.60. The molecule has 0 spiro atoms. The maximum absolute atomic E-state index is 10.9. The first kappa shape index (κ1) is 15.9. The topological polar surface area (TPSA) is 90.0 Å². The molecule has 2 aromatic heterocycles. The van der Waals surface area contributed by atoms with Crippen LogP contribution in [0.3, 0.4) is 0 Å². The molecule has 5 fully saturated rings. The lowest BCUT2D eigenvalue weighted by Crippen LogP contribution is -2.59. The number of nitrogens with zero attached hydrogens (tertiary/aromatic N) is 4. The van der Waals surface area contributed by atoms with Crippen LogP contribution in [0.2, 0.25) is 0 Å². The second-order valence-electron chi connectivity index (χ2n) is 9.02. The molecule has 2 aromatic rings. The van der Waals surface area contributed by atoms with Crippen molar-refractivity contribution in [3.8, 4) is 0 Å². The zero-order chi connectivity index (χ0) is 18.1. The van der Waals surface area contributed by atoms with Crippen LogP contribution in [0.5, 0.6) is 0 Å². The van der Waals surface area contributed by atoms with Gasteiger partial charge in [-0.1, -0.05) is 0 Å². The fraction of sp³-hybridized carbons (Fsp3) is 0.650. The number of piperidine rings is 2. The SMILES string of the molecule is OC1(C23CCC(CC2)N(c2nccc(Nc4cc(C5CC5)[nH]n4)n2)C3)CC1. The molecule has 3 N–H and O–H groups in total. The highest BCUT2D eigenvalue weighted by molar-refractivity contribution is 5.54. The zero-order valence-corrected chi connectivity index (χ0v) is 15.5. The molecule has 3 aliphatic carbocycles. The molecule has 7 nitrogen and oxygen atoms in total. The number of hydrogen-bond acceptors (Lipinski definition) is 6. The average Bonchev–Trinajstić information content (AvgIpc) is 3.64. The predicted octanol–water partition coefficient (Wildman–Crippen LogP) is 3.09. The molecule has 2 bridgehead atoms. The Labute approximate surface area is 158 Å². The largest absolute Gasteiger partial charge is 0.389 e. The van der Waals surface area contributed by atoms with Crippen LogP contribution < -0.4 is 10.2 Å². The number of fused-ring (bicyclic) bond motifs is 3. The number of anilines is 3. The van der Waals surface area contributed by atoms with Crippen LogP contribution in [-0.2, 0) is 0 Å². The number of nitrogens with one attached hydrogen (secondary N) is 2. The van der Waals surface area contributed by atoms with Crippen LogP contribution in [-0.4, -0.2) is 43.5 Å². The van der Waals surface area contributed by atoms with Crippen LogP contribution >= 0.6 is 0 Å². The van der Waals surface area contributed by atoms with E-state index in [1.54, 1.807) is 0 Å². The van der Waals surface area contributed by atoms with Crippen molar-refractivity contribution in [1.82, 2.24) is 20.2 Å². The molecule has 27 heavy (non-hydrogen) atoms. The van der Waals surface area contributed by atoms with Gasteiger partial charge in [-0.15, -0.1) is 0 Å². The van der Waals surface area contributed by atoms with Crippen molar-refractivity contribution in [3.63, 3.8) is 0 Å². The van der Waals surface area contributed by atoms with Gasteiger partial charge < -0.3 is 15.3 Å². The van der Waals surface area contributed by atoms with E-state index in [9.17, 15) is 5.11 Å².